The molecule has 0 N–H and O–H groups in total. The van der Waals surface area contributed by atoms with Crippen molar-refractivity contribution < 1.29 is 18.9 Å². The molecule has 0 spiro atoms. The first kappa shape index (κ1) is 18.4. The Morgan fingerprint density at radius 2 is 1.79 bits per heavy atom. The normalized spacial score (nSPS) is 11.1. The average molecular weight is 334 g/mol. The first-order valence-electron chi connectivity index (χ1n) is 8.09. The van der Waals surface area contributed by atoms with Crippen molar-refractivity contribution in [3.63, 3.8) is 0 Å². The summed E-state index contributed by atoms with van der Waals surface area (Å²) in [6.45, 7) is 9.79. The van der Waals surface area contributed by atoms with Gasteiger partial charge in [-0.1, -0.05) is 18.7 Å². The van der Waals surface area contributed by atoms with Crippen molar-refractivity contribution in [3.8, 4) is 6.01 Å². The van der Waals surface area contributed by atoms with Gasteiger partial charge >= 0.3 is 0 Å². The van der Waals surface area contributed by atoms with E-state index in [1.54, 1.807) is 7.11 Å². The Bertz CT molecular complexity index is 639. The molecule has 0 aliphatic carbocycles. The Hall–Kier alpha value is -1.89. The van der Waals surface area contributed by atoms with Crippen LogP contribution >= 0.6 is 0 Å². The van der Waals surface area contributed by atoms with Gasteiger partial charge in [-0.25, -0.2) is 0 Å². The molecule has 0 bridgehead atoms. The molecule has 0 amide bonds. The van der Waals surface area contributed by atoms with Gasteiger partial charge in [0.05, 0.1) is 50.6 Å². The molecule has 6 heteroatoms. The smallest absolute Gasteiger partial charge is 0.297 e. The summed E-state index contributed by atoms with van der Waals surface area (Å²) in [5, 5.41) is 0. The van der Waals surface area contributed by atoms with Crippen LogP contribution in [-0.4, -0.2) is 56.3 Å². The van der Waals surface area contributed by atoms with E-state index in [-0.39, 0.29) is 0 Å². The maximum Gasteiger partial charge on any atom is 0.297 e. The van der Waals surface area contributed by atoms with Crippen molar-refractivity contribution in [2.45, 2.75) is 13.5 Å². The fourth-order valence-corrected chi connectivity index (χ4v) is 2.19. The number of imidazole rings is 1. The Balaban J connectivity index is 1.87. The van der Waals surface area contributed by atoms with E-state index in [0.717, 1.165) is 16.6 Å². The summed E-state index contributed by atoms with van der Waals surface area (Å²) in [7, 11) is 1.66. The Morgan fingerprint density at radius 3 is 2.54 bits per heavy atom. The Kier molecular flexibility index (Phi) is 7.74. The molecule has 1 heterocycles. The fraction of sp³-hybridized carbons (Fsp3) is 0.500. The summed E-state index contributed by atoms with van der Waals surface area (Å²) in [4.78, 5) is 4.54. The van der Waals surface area contributed by atoms with Crippen molar-refractivity contribution in [3.05, 3.63) is 36.4 Å². The number of ether oxygens (including phenoxy) is 4. The molecule has 0 saturated heterocycles. The highest BCUT2D eigenvalue weighted by Crippen LogP contribution is 2.21. The SMILES string of the molecule is C=C(C)COc1nc2ccccc2n1CCOCCOCCOC. The molecule has 0 radical (unpaired) electrons. The summed E-state index contributed by atoms with van der Waals surface area (Å²) in [5.41, 5.74) is 2.91. The van der Waals surface area contributed by atoms with E-state index in [0.29, 0.717) is 52.2 Å². The molecule has 0 fully saturated rings. The highest BCUT2D eigenvalue weighted by molar-refractivity contribution is 5.76. The van der Waals surface area contributed by atoms with Gasteiger partial charge in [-0.05, 0) is 24.6 Å². The minimum Gasteiger partial charge on any atom is -0.460 e. The minimum absolute atomic E-state index is 0.456. The maximum absolute atomic E-state index is 5.76. The number of nitrogens with zero attached hydrogens (tertiary/aromatic N) is 2. The molecule has 1 aromatic carbocycles. The number of hydrogen-bond donors (Lipinski definition) is 0. The van der Waals surface area contributed by atoms with Gasteiger partial charge in [0.1, 0.15) is 6.61 Å². The van der Waals surface area contributed by atoms with Gasteiger partial charge in [0.15, 0.2) is 0 Å². The van der Waals surface area contributed by atoms with E-state index in [4.69, 9.17) is 18.9 Å². The summed E-state index contributed by atoms with van der Waals surface area (Å²) in [6.07, 6.45) is 0. The number of methoxy groups -OCH3 is 1. The third kappa shape index (κ3) is 5.63. The number of benzene rings is 1. The van der Waals surface area contributed by atoms with E-state index >= 15 is 0 Å². The quantitative estimate of drug-likeness (QED) is 0.441. The van der Waals surface area contributed by atoms with Crippen LogP contribution in [-0.2, 0) is 20.8 Å². The Morgan fingerprint density at radius 1 is 1.08 bits per heavy atom. The molecule has 0 atom stereocenters. The van der Waals surface area contributed by atoms with Crippen molar-refractivity contribution >= 4 is 11.0 Å². The lowest BCUT2D eigenvalue weighted by molar-refractivity contribution is 0.0228. The molecule has 1 aromatic heterocycles. The summed E-state index contributed by atoms with van der Waals surface area (Å²) in [5.74, 6) is 0. The lowest BCUT2D eigenvalue weighted by atomic mass is 10.3. The third-order valence-electron chi connectivity index (χ3n) is 3.33. The lowest BCUT2D eigenvalue weighted by Gasteiger charge is -2.11. The van der Waals surface area contributed by atoms with Crippen molar-refractivity contribution in [2.75, 3.05) is 46.8 Å². The molecule has 0 aliphatic heterocycles. The lowest BCUT2D eigenvalue weighted by Crippen LogP contribution is -2.13. The third-order valence-corrected chi connectivity index (χ3v) is 3.33. The topological polar surface area (TPSA) is 54.7 Å². The standard InChI is InChI=1S/C18H26N2O4/c1-15(2)14-24-18-19-16-6-4-5-7-17(16)20(18)8-9-22-12-13-23-11-10-21-3/h4-7H,1,8-14H2,2-3H3. The van der Waals surface area contributed by atoms with Gasteiger partial charge in [0.2, 0.25) is 0 Å². The van der Waals surface area contributed by atoms with Crippen LogP contribution in [0.4, 0.5) is 0 Å². The van der Waals surface area contributed by atoms with E-state index in [1.165, 1.54) is 0 Å². The van der Waals surface area contributed by atoms with Crippen LogP contribution < -0.4 is 4.74 Å². The van der Waals surface area contributed by atoms with Gasteiger partial charge < -0.3 is 18.9 Å². The molecular weight excluding hydrogens is 308 g/mol. The van der Waals surface area contributed by atoms with Gasteiger partial charge in [-0.3, -0.25) is 4.57 Å². The number of rotatable bonds is 12. The second kappa shape index (κ2) is 10.1. The number of para-hydroxylation sites is 2. The zero-order valence-corrected chi connectivity index (χ0v) is 14.5. The Labute approximate surface area is 143 Å². The van der Waals surface area contributed by atoms with Crippen LogP contribution in [0.5, 0.6) is 6.01 Å². The zero-order chi connectivity index (χ0) is 17.2. The molecule has 2 aromatic rings. The molecule has 132 valence electrons. The van der Waals surface area contributed by atoms with E-state index in [1.807, 2.05) is 35.8 Å². The largest absolute Gasteiger partial charge is 0.460 e. The first-order chi connectivity index (χ1) is 11.7. The van der Waals surface area contributed by atoms with Crippen LogP contribution in [0.2, 0.25) is 0 Å². The molecule has 0 aliphatic rings. The molecular formula is C18H26N2O4. The van der Waals surface area contributed by atoms with Gasteiger partial charge in [0, 0.05) is 7.11 Å². The van der Waals surface area contributed by atoms with E-state index in [2.05, 4.69) is 11.6 Å². The average Bonchev–Trinajstić information content (AvgIpc) is 2.93. The highest BCUT2D eigenvalue weighted by atomic mass is 16.5. The second-order valence-corrected chi connectivity index (χ2v) is 5.50. The monoisotopic (exact) mass is 334 g/mol. The van der Waals surface area contributed by atoms with Crippen LogP contribution in [0.25, 0.3) is 11.0 Å². The predicted molar refractivity (Wildman–Crippen MR) is 93.6 cm³/mol. The van der Waals surface area contributed by atoms with Crippen molar-refractivity contribution in [1.82, 2.24) is 9.55 Å². The molecule has 24 heavy (non-hydrogen) atoms. The van der Waals surface area contributed by atoms with Crippen LogP contribution in [0.1, 0.15) is 6.92 Å². The number of fused-ring (bicyclic) bond motifs is 1. The predicted octanol–water partition coefficient (Wildman–Crippen LogP) is 2.67. The molecule has 0 saturated carbocycles. The minimum atomic E-state index is 0.456. The second-order valence-electron chi connectivity index (χ2n) is 5.50. The summed E-state index contributed by atoms with van der Waals surface area (Å²) >= 11 is 0. The highest BCUT2D eigenvalue weighted by Gasteiger charge is 2.11. The van der Waals surface area contributed by atoms with Crippen molar-refractivity contribution in [1.29, 1.82) is 0 Å². The van der Waals surface area contributed by atoms with Crippen LogP contribution in [0, 0.1) is 0 Å². The summed E-state index contributed by atoms with van der Waals surface area (Å²) in [6, 6.07) is 8.57. The van der Waals surface area contributed by atoms with E-state index < -0.39 is 0 Å². The molecule has 6 nitrogen and oxygen atoms in total. The van der Waals surface area contributed by atoms with Crippen LogP contribution in [0.15, 0.2) is 36.4 Å². The zero-order valence-electron chi connectivity index (χ0n) is 14.5. The van der Waals surface area contributed by atoms with E-state index in [9.17, 15) is 0 Å². The molecule has 0 unspecified atom stereocenters. The van der Waals surface area contributed by atoms with Gasteiger partial charge in [-0.15, -0.1) is 0 Å². The van der Waals surface area contributed by atoms with Gasteiger partial charge in [-0.2, -0.15) is 4.98 Å². The first-order valence-corrected chi connectivity index (χ1v) is 8.09. The number of aromatic nitrogens is 2. The van der Waals surface area contributed by atoms with Crippen LogP contribution in [0.3, 0.4) is 0 Å². The number of hydrogen-bond acceptors (Lipinski definition) is 5. The maximum atomic E-state index is 5.76. The fourth-order valence-electron chi connectivity index (χ4n) is 2.19. The van der Waals surface area contributed by atoms with Gasteiger partial charge in [0.25, 0.3) is 6.01 Å². The van der Waals surface area contributed by atoms with Crippen molar-refractivity contribution in [2.24, 2.45) is 0 Å². The molecule has 2 rings (SSSR count). The summed E-state index contributed by atoms with van der Waals surface area (Å²) < 4.78 is 23.7.